The molecule has 154 valence electrons. The molecular formula is C22H26FN3O3. The van der Waals surface area contributed by atoms with Crippen molar-refractivity contribution in [2.24, 2.45) is 5.41 Å². The Labute approximate surface area is 169 Å². The molecule has 1 amide bonds. The van der Waals surface area contributed by atoms with Crippen LogP contribution in [0.1, 0.15) is 60.3 Å². The lowest BCUT2D eigenvalue weighted by Gasteiger charge is -2.40. The molecule has 1 aromatic carbocycles. The summed E-state index contributed by atoms with van der Waals surface area (Å²) in [6, 6.07) is 7.99. The summed E-state index contributed by atoms with van der Waals surface area (Å²) in [5, 5.41) is 7.17. The Morgan fingerprint density at radius 2 is 2.07 bits per heavy atom. The number of piperidine rings is 1. The molecule has 0 unspecified atom stereocenters. The van der Waals surface area contributed by atoms with Gasteiger partial charge < -0.3 is 9.64 Å². The third-order valence-corrected chi connectivity index (χ3v) is 5.86. The second kappa shape index (κ2) is 7.97. The molecule has 2 aliphatic rings. The van der Waals surface area contributed by atoms with Crippen LogP contribution in [0.5, 0.6) is 0 Å². The summed E-state index contributed by atoms with van der Waals surface area (Å²) in [4.78, 5) is 27.7. The van der Waals surface area contributed by atoms with Gasteiger partial charge in [0, 0.05) is 24.7 Å². The molecule has 6 nitrogen and oxygen atoms in total. The molecule has 1 atom stereocenters. The van der Waals surface area contributed by atoms with E-state index in [9.17, 15) is 14.0 Å². The fourth-order valence-corrected chi connectivity index (χ4v) is 4.18. The van der Waals surface area contributed by atoms with Crippen molar-refractivity contribution in [1.29, 1.82) is 0 Å². The first kappa shape index (κ1) is 19.6. The molecule has 2 heterocycles. The highest BCUT2D eigenvalue weighted by atomic mass is 19.1. The zero-order valence-electron chi connectivity index (χ0n) is 16.6. The van der Waals surface area contributed by atoms with Crippen molar-refractivity contribution in [2.75, 3.05) is 19.7 Å². The Morgan fingerprint density at radius 3 is 2.76 bits per heavy atom. The molecule has 1 saturated carbocycles. The van der Waals surface area contributed by atoms with Crippen LogP contribution in [0, 0.1) is 11.2 Å². The lowest BCUT2D eigenvalue weighted by atomic mass is 9.75. The molecule has 0 spiro atoms. The summed E-state index contributed by atoms with van der Waals surface area (Å²) in [7, 11) is 0. The fourth-order valence-electron chi connectivity index (χ4n) is 4.18. The number of H-pyrrole nitrogens is 1. The lowest BCUT2D eigenvalue weighted by Crippen LogP contribution is -2.51. The summed E-state index contributed by atoms with van der Waals surface area (Å²) >= 11 is 0. The molecule has 1 aliphatic heterocycles. The van der Waals surface area contributed by atoms with Crippen molar-refractivity contribution >= 4 is 11.9 Å². The number of likely N-dealkylation sites (tertiary alicyclic amines) is 1. The largest absolute Gasteiger partial charge is 0.466 e. The molecule has 1 saturated heterocycles. The van der Waals surface area contributed by atoms with Gasteiger partial charge in [-0.3, -0.25) is 14.7 Å². The number of benzene rings is 1. The van der Waals surface area contributed by atoms with Crippen LogP contribution in [0.15, 0.2) is 30.3 Å². The first-order valence-corrected chi connectivity index (χ1v) is 10.3. The number of rotatable bonds is 6. The van der Waals surface area contributed by atoms with Crippen molar-refractivity contribution in [3.8, 4) is 0 Å². The van der Waals surface area contributed by atoms with Crippen LogP contribution in [0.3, 0.4) is 0 Å². The topological polar surface area (TPSA) is 75.3 Å². The summed E-state index contributed by atoms with van der Waals surface area (Å²) in [5.41, 5.74) is 1.42. The SMILES string of the molecule is CCOC(=O)[C@@]1(Cc2ccc(F)cc2)CCCN(C(=O)c2cc(C3CC3)[nH]n2)C1. The van der Waals surface area contributed by atoms with Crippen molar-refractivity contribution in [1.82, 2.24) is 15.1 Å². The van der Waals surface area contributed by atoms with E-state index in [1.165, 1.54) is 12.1 Å². The number of esters is 1. The number of nitrogens with zero attached hydrogens (tertiary/aromatic N) is 2. The van der Waals surface area contributed by atoms with Gasteiger partial charge in [-0.2, -0.15) is 5.10 Å². The molecule has 4 rings (SSSR count). The second-order valence-electron chi connectivity index (χ2n) is 8.12. The number of aromatic nitrogens is 2. The zero-order chi connectivity index (χ0) is 20.4. The molecule has 0 bridgehead atoms. The molecule has 1 aliphatic carbocycles. The number of carbonyl (C=O) groups is 2. The number of nitrogens with one attached hydrogen (secondary N) is 1. The van der Waals surface area contributed by atoms with Crippen molar-refractivity contribution in [3.05, 3.63) is 53.1 Å². The monoisotopic (exact) mass is 399 g/mol. The third-order valence-electron chi connectivity index (χ3n) is 5.86. The van der Waals surface area contributed by atoms with Gasteiger partial charge >= 0.3 is 5.97 Å². The molecule has 7 heteroatoms. The summed E-state index contributed by atoms with van der Waals surface area (Å²) in [6.07, 6.45) is 3.99. The molecular weight excluding hydrogens is 373 g/mol. The van der Waals surface area contributed by atoms with Gasteiger partial charge in [0.2, 0.25) is 0 Å². The van der Waals surface area contributed by atoms with E-state index < -0.39 is 5.41 Å². The summed E-state index contributed by atoms with van der Waals surface area (Å²) < 4.78 is 18.7. The predicted octanol–water partition coefficient (Wildman–Crippen LogP) is 3.45. The van der Waals surface area contributed by atoms with Gasteiger partial charge in [0.05, 0.1) is 12.0 Å². The fraction of sp³-hybridized carbons (Fsp3) is 0.500. The van der Waals surface area contributed by atoms with Crippen LogP contribution in [0.4, 0.5) is 4.39 Å². The minimum Gasteiger partial charge on any atom is -0.466 e. The first-order chi connectivity index (χ1) is 14.0. The maximum Gasteiger partial charge on any atom is 0.314 e. The van der Waals surface area contributed by atoms with Crippen LogP contribution in [0.25, 0.3) is 0 Å². The van der Waals surface area contributed by atoms with E-state index in [0.29, 0.717) is 37.4 Å². The average Bonchev–Trinajstić information content (AvgIpc) is 3.46. The van der Waals surface area contributed by atoms with Gasteiger partial charge in [0.15, 0.2) is 0 Å². The van der Waals surface area contributed by atoms with Gasteiger partial charge in [-0.25, -0.2) is 4.39 Å². The van der Waals surface area contributed by atoms with Gasteiger partial charge in [-0.05, 0) is 62.8 Å². The van der Waals surface area contributed by atoms with Crippen LogP contribution >= 0.6 is 0 Å². The number of carbonyl (C=O) groups excluding carboxylic acids is 2. The van der Waals surface area contributed by atoms with E-state index in [4.69, 9.17) is 4.74 Å². The van der Waals surface area contributed by atoms with Crippen LogP contribution < -0.4 is 0 Å². The van der Waals surface area contributed by atoms with Crippen molar-refractivity contribution in [3.63, 3.8) is 0 Å². The van der Waals surface area contributed by atoms with Gasteiger partial charge in [0.25, 0.3) is 5.91 Å². The second-order valence-corrected chi connectivity index (χ2v) is 8.12. The Morgan fingerprint density at radius 1 is 1.31 bits per heavy atom. The maximum atomic E-state index is 13.3. The van der Waals surface area contributed by atoms with Gasteiger partial charge in [-0.15, -0.1) is 0 Å². The maximum absolute atomic E-state index is 13.3. The highest BCUT2D eigenvalue weighted by molar-refractivity contribution is 5.93. The molecule has 29 heavy (non-hydrogen) atoms. The highest BCUT2D eigenvalue weighted by Gasteiger charge is 2.45. The smallest absolute Gasteiger partial charge is 0.314 e. The number of hydrogen-bond donors (Lipinski definition) is 1. The van der Waals surface area contributed by atoms with E-state index in [0.717, 1.165) is 24.1 Å². The Balaban J connectivity index is 1.56. The number of hydrogen-bond acceptors (Lipinski definition) is 4. The number of halogens is 1. The van der Waals surface area contributed by atoms with E-state index in [2.05, 4.69) is 10.2 Å². The highest BCUT2D eigenvalue weighted by Crippen LogP contribution is 2.39. The quantitative estimate of drug-likeness (QED) is 0.755. The number of ether oxygens (including phenoxy) is 1. The summed E-state index contributed by atoms with van der Waals surface area (Å²) in [6.45, 7) is 2.91. The Hall–Kier alpha value is -2.70. The van der Waals surface area contributed by atoms with Crippen molar-refractivity contribution in [2.45, 2.75) is 44.9 Å². The number of amides is 1. The molecule has 1 N–H and O–H groups in total. The van der Waals surface area contributed by atoms with E-state index in [1.807, 2.05) is 6.07 Å². The van der Waals surface area contributed by atoms with Crippen LogP contribution in [0.2, 0.25) is 0 Å². The minimum absolute atomic E-state index is 0.166. The van der Waals surface area contributed by atoms with E-state index in [1.54, 1.807) is 24.0 Å². The average molecular weight is 399 g/mol. The van der Waals surface area contributed by atoms with Crippen LogP contribution in [-0.2, 0) is 16.0 Å². The Kier molecular flexibility index (Phi) is 5.39. The van der Waals surface area contributed by atoms with Crippen LogP contribution in [-0.4, -0.2) is 46.7 Å². The standard InChI is InChI=1S/C22H26FN3O3/c1-2-29-21(28)22(13-15-4-8-17(23)9-5-15)10-3-11-26(14-22)20(27)19-12-18(24-25-19)16-6-7-16/h4-5,8-9,12,16H,2-3,6-7,10-11,13-14H2,1H3,(H,24,25)/t22-/m1/s1. The molecule has 2 aromatic rings. The first-order valence-electron chi connectivity index (χ1n) is 10.3. The normalized spacial score (nSPS) is 21.8. The van der Waals surface area contributed by atoms with E-state index in [-0.39, 0.29) is 30.8 Å². The molecule has 0 radical (unpaired) electrons. The summed E-state index contributed by atoms with van der Waals surface area (Å²) in [5.74, 6) is -0.296. The number of aromatic amines is 1. The minimum atomic E-state index is -0.836. The van der Waals surface area contributed by atoms with Gasteiger partial charge in [-0.1, -0.05) is 12.1 Å². The Bertz CT molecular complexity index is 891. The molecule has 1 aromatic heterocycles. The van der Waals surface area contributed by atoms with Crippen molar-refractivity contribution < 1.29 is 18.7 Å². The van der Waals surface area contributed by atoms with E-state index >= 15 is 0 Å². The zero-order valence-corrected chi connectivity index (χ0v) is 16.6. The lowest BCUT2D eigenvalue weighted by molar-refractivity contribution is -0.158. The third kappa shape index (κ3) is 4.18. The van der Waals surface area contributed by atoms with Gasteiger partial charge in [0.1, 0.15) is 11.5 Å². The molecule has 2 fully saturated rings. The predicted molar refractivity (Wildman–Crippen MR) is 105 cm³/mol.